The number of rotatable bonds is 7. The van der Waals surface area contributed by atoms with Crippen molar-refractivity contribution in [3.63, 3.8) is 0 Å². The largest absolute Gasteiger partial charge is 0.493 e. The fourth-order valence-electron chi connectivity index (χ4n) is 1.72. The summed E-state index contributed by atoms with van der Waals surface area (Å²) in [6.07, 6.45) is 3.98. The number of halogens is 1. The Bertz CT molecular complexity index is 549. The van der Waals surface area contributed by atoms with Crippen molar-refractivity contribution in [1.82, 2.24) is 4.98 Å². The molecule has 0 unspecified atom stereocenters. The number of hydrogen-bond donors (Lipinski definition) is 1. The Morgan fingerprint density at radius 1 is 1.10 bits per heavy atom. The van der Waals surface area contributed by atoms with Gasteiger partial charge in [0.1, 0.15) is 11.5 Å². The minimum absolute atomic E-state index is 0.473. The van der Waals surface area contributed by atoms with Crippen molar-refractivity contribution in [3.05, 3.63) is 53.3 Å². The first kappa shape index (κ1) is 14.6. The van der Waals surface area contributed by atoms with Gasteiger partial charge in [-0.1, -0.05) is 29.8 Å². The summed E-state index contributed by atoms with van der Waals surface area (Å²) >= 11 is 5.82. The fraction of sp³-hybridized carbons (Fsp3) is 0.267. The molecular formula is C15H17ClN2O2. The third-order valence-corrected chi connectivity index (χ3v) is 2.89. The summed E-state index contributed by atoms with van der Waals surface area (Å²) in [6, 6.07) is 9.50. The van der Waals surface area contributed by atoms with Gasteiger partial charge in [-0.2, -0.15) is 0 Å². The third-order valence-electron chi connectivity index (χ3n) is 2.69. The molecule has 0 amide bonds. The quantitative estimate of drug-likeness (QED) is 0.797. The molecule has 0 aliphatic rings. The number of hydrogen-bond acceptors (Lipinski definition) is 4. The van der Waals surface area contributed by atoms with E-state index in [0.29, 0.717) is 30.5 Å². The van der Waals surface area contributed by atoms with E-state index in [1.165, 1.54) is 0 Å². The summed E-state index contributed by atoms with van der Waals surface area (Å²) in [7, 11) is 0. The number of nitrogens with zero attached hydrogens (tertiary/aromatic N) is 1. The highest BCUT2D eigenvalue weighted by Gasteiger charge is 2.01. The first-order valence-corrected chi connectivity index (χ1v) is 6.81. The van der Waals surface area contributed by atoms with E-state index < -0.39 is 0 Å². The molecule has 1 aromatic carbocycles. The minimum atomic E-state index is 0.473. The number of ether oxygens (including phenoxy) is 2. The summed E-state index contributed by atoms with van der Waals surface area (Å²) in [5.74, 6) is 1.50. The highest BCUT2D eigenvalue weighted by atomic mass is 35.5. The molecule has 0 saturated carbocycles. The maximum Gasteiger partial charge on any atom is 0.139 e. The third kappa shape index (κ3) is 4.40. The zero-order chi connectivity index (χ0) is 14.2. The fourth-order valence-corrected chi connectivity index (χ4v) is 1.88. The molecule has 0 spiro atoms. The molecule has 1 heterocycles. The van der Waals surface area contributed by atoms with Crippen LogP contribution in [0.1, 0.15) is 12.0 Å². The second-order valence-electron chi connectivity index (χ2n) is 4.20. The van der Waals surface area contributed by atoms with E-state index in [9.17, 15) is 0 Å². The predicted octanol–water partition coefficient (Wildman–Crippen LogP) is 3.04. The Balaban J connectivity index is 1.71. The molecule has 106 valence electrons. The van der Waals surface area contributed by atoms with E-state index in [2.05, 4.69) is 4.98 Å². The van der Waals surface area contributed by atoms with Crippen LogP contribution in [0.5, 0.6) is 11.5 Å². The van der Waals surface area contributed by atoms with Crippen molar-refractivity contribution >= 4 is 11.6 Å². The van der Waals surface area contributed by atoms with Gasteiger partial charge in [0.25, 0.3) is 0 Å². The van der Waals surface area contributed by atoms with Gasteiger partial charge in [0.05, 0.1) is 24.4 Å². The Labute approximate surface area is 123 Å². The minimum Gasteiger partial charge on any atom is -0.493 e. The van der Waals surface area contributed by atoms with Crippen molar-refractivity contribution in [1.29, 1.82) is 0 Å². The van der Waals surface area contributed by atoms with Crippen LogP contribution in [0.15, 0.2) is 42.7 Å². The first-order chi connectivity index (χ1) is 9.79. The van der Waals surface area contributed by atoms with E-state index in [1.54, 1.807) is 18.5 Å². The molecule has 1 aromatic heterocycles. The Morgan fingerprint density at radius 3 is 2.70 bits per heavy atom. The SMILES string of the molecule is NCc1ccccc1OCCCOc1cncc(Cl)c1. The van der Waals surface area contributed by atoms with E-state index in [1.807, 2.05) is 24.3 Å². The zero-order valence-corrected chi connectivity index (χ0v) is 11.8. The van der Waals surface area contributed by atoms with Crippen LogP contribution in [0, 0.1) is 0 Å². The zero-order valence-electron chi connectivity index (χ0n) is 11.1. The molecule has 0 aliphatic heterocycles. The van der Waals surface area contributed by atoms with Crippen LogP contribution < -0.4 is 15.2 Å². The van der Waals surface area contributed by atoms with Gasteiger partial charge in [0.15, 0.2) is 0 Å². The molecule has 0 bridgehead atoms. The van der Waals surface area contributed by atoms with Gasteiger partial charge >= 0.3 is 0 Å². The van der Waals surface area contributed by atoms with Gasteiger partial charge in [-0.3, -0.25) is 4.98 Å². The van der Waals surface area contributed by atoms with Gasteiger partial charge in [0, 0.05) is 30.8 Å². The molecule has 2 N–H and O–H groups in total. The van der Waals surface area contributed by atoms with Crippen LogP contribution in [-0.2, 0) is 6.54 Å². The number of aromatic nitrogens is 1. The molecule has 20 heavy (non-hydrogen) atoms. The highest BCUT2D eigenvalue weighted by Crippen LogP contribution is 2.18. The standard InChI is InChI=1S/C15H17ClN2O2/c16-13-8-14(11-18-10-13)19-6-3-7-20-15-5-2-1-4-12(15)9-17/h1-2,4-5,8,10-11H,3,6-7,9,17H2. The maximum atomic E-state index is 5.82. The van der Waals surface area contributed by atoms with E-state index in [-0.39, 0.29) is 0 Å². The lowest BCUT2D eigenvalue weighted by Gasteiger charge is -2.10. The van der Waals surface area contributed by atoms with Crippen molar-refractivity contribution in [3.8, 4) is 11.5 Å². The van der Waals surface area contributed by atoms with Crippen LogP contribution in [0.4, 0.5) is 0 Å². The molecule has 5 heteroatoms. The summed E-state index contributed by atoms with van der Waals surface area (Å²) in [6.45, 7) is 1.60. The number of para-hydroxylation sites is 1. The lowest BCUT2D eigenvalue weighted by molar-refractivity contribution is 0.246. The molecule has 4 nitrogen and oxygen atoms in total. The van der Waals surface area contributed by atoms with E-state index in [4.69, 9.17) is 26.8 Å². The molecule has 0 aliphatic carbocycles. The molecule has 0 fully saturated rings. The van der Waals surface area contributed by atoms with Crippen LogP contribution in [-0.4, -0.2) is 18.2 Å². The lowest BCUT2D eigenvalue weighted by Crippen LogP contribution is -2.07. The summed E-state index contributed by atoms with van der Waals surface area (Å²) in [4.78, 5) is 3.95. The molecule has 0 atom stereocenters. The normalized spacial score (nSPS) is 10.3. The number of benzene rings is 1. The van der Waals surface area contributed by atoms with Crippen molar-refractivity contribution in [2.45, 2.75) is 13.0 Å². The second kappa shape index (κ2) is 7.72. The Morgan fingerprint density at radius 2 is 1.90 bits per heavy atom. The smallest absolute Gasteiger partial charge is 0.139 e. The molecule has 0 radical (unpaired) electrons. The van der Waals surface area contributed by atoms with Gasteiger partial charge in [-0.25, -0.2) is 0 Å². The summed E-state index contributed by atoms with van der Waals surface area (Å²) < 4.78 is 11.2. The Hall–Kier alpha value is -1.78. The van der Waals surface area contributed by atoms with Crippen LogP contribution in [0.25, 0.3) is 0 Å². The summed E-state index contributed by atoms with van der Waals surface area (Å²) in [5.41, 5.74) is 6.65. The van der Waals surface area contributed by atoms with Gasteiger partial charge in [-0.15, -0.1) is 0 Å². The van der Waals surface area contributed by atoms with E-state index >= 15 is 0 Å². The molecule has 2 rings (SSSR count). The second-order valence-corrected chi connectivity index (χ2v) is 4.64. The average molecular weight is 293 g/mol. The predicted molar refractivity (Wildman–Crippen MR) is 79.2 cm³/mol. The van der Waals surface area contributed by atoms with Gasteiger partial charge in [0.2, 0.25) is 0 Å². The monoisotopic (exact) mass is 292 g/mol. The molecule has 2 aromatic rings. The topological polar surface area (TPSA) is 57.4 Å². The van der Waals surface area contributed by atoms with Crippen molar-refractivity contribution in [2.24, 2.45) is 5.73 Å². The van der Waals surface area contributed by atoms with E-state index in [0.717, 1.165) is 17.7 Å². The maximum absolute atomic E-state index is 5.82. The number of nitrogens with two attached hydrogens (primary N) is 1. The van der Waals surface area contributed by atoms with Crippen molar-refractivity contribution in [2.75, 3.05) is 13.2 Å². The average Bonchev–Trinajstić information content (AvgIpc) is 2.47. The lowest BCUT2D eigenvalue weighted by atomic mass is 10.2. The Kier molecular flexibility index (Phi) is 5.65. The highest BCUT2D eigenvalue weighted by molar-refractivity contribution is 6.30. The van der Waals surface area contributed by atoms with Gasteiger partial charge < -0.3 is 15.2 Å². The van der Waals surface area contributed by atoms with Crippen LogP contribution in [0.3, 0.4) is 0 Å². The number of pyridine rings is 1. The van der Waals surface area contributed by atoms with Crippen LogP contribution in [0.2, 0.25) is 5.02 Å². The van der Waals surface area contributed by atoms with Gasteiger partial charge in [-0.05, 0) is 6.07 Å². The molecular weight excluding hydrogens is 276 g/mol. The summed E-state index contributed by atoms with van der Waals surface area (Å²) in [5, 5.41) is 0.565. The van der Waals surface area contributed by atoms with Crippen LogP contribution >= 0.6 is 11.6 Å². The first-order valence-electron chi connectivity index (χ1n) is 6.43. The van der Waals surface area contributed by atoms with Crippen molar-refractivity contribution < 1.29 is 9.47 Å². The molecule has 0 saturated heterocycles.